The van der Waals surface area contributed by atoms with Gasteiger partial charge in [0, 0.05) is 22.5 Å². The number of amides is 1. The van der Waals surface area contributed by atoms with E-state index in [4.69, 9.17) is 21.9 Å². The normalized spacial score (nSPS) is 21.1. The second-order valence-corrected chi connectivity index (χ2v) is 6.40. The Morgan fingerprint density at radius 1 is 1.38 bits per heavy atom. The number of carbonyl (C=O) groups excluding carboxylic acids is 1. The number of rotatable bonds is 4. The second-order valence-electron chi connectivity index (χ2n) is 5.96. The highest BCUT2D eigenvalue weighted by Gasteiger charge is 2.29. The molecule has 0 bridgehead atoms. The van der Waals surface area contributed by atoms with E-state index in [1.165, 1.54) is 0 Å². The maximum Gasteiger partial charge on any atom is 0.257 e. The van der Waals surface area contributed by atoms with E-state index in [0.29, 0.717) is 16.7 Å². The lowest BCUT2D eigenvalue weighted by molar-refractivity contribution is -0.125. The molecule has 3 N–H and O–H groups in total. The molecule has 0 saturated heterocycles. The summed E-state index contributed by atoms with van der Waals surface area (Å²) in [4.78, 5) is 16.6. The fraction of sp³-hybridized carbons (Fsp3) is 0.438. The van der Waals surface area contributed by atoms with Gasteiger partial charge in [-0.15, -0.1) is 12.4 Å². The zero-order valence-corrected chi connectivity index (χ0v) is 14.8. The molecule has 2 aromatic rings. The number of benzene rings is 1. The first-order valence-electron chi connectivity index (χ1n) is 7.68. The summed E-state index contributed by atoms with van der Waals surface area (Å²) in [5.74, 6) is 0.838. The van der Waals surface area contributed by atoms with Crippen molar-refractivity contribution in [1.82, 2.24) is 15.5 Å². The molecule has 24 heavy (non-hydrogen) atoms. The number of hydrogen-bond donors (Lipinski definition) is 2. The van der Waals surface area contributed by atoms with Crippen molar-refractivity contribution >= 4 is 29.9 Å². The van der Waals surface area contributed by atoms with Gasteiger partial charge in [-0.05, 0) is 50.5 Å². The number of halogens is 2. The van der Waals surface area contributed by atoms with Gasteiger partial charge in [-0.25, -0.2) is 0 Å². The van der Waals surface area contributed by atoms with Crippen LogP contribution in [0.25, 0.3) is 11.5 Å². The molecular weight excluding hydrogens is 351 g/mol. The Balaban J connectivity index is 0.00000208. The molecule has 1 aromatic heterocycles. The van der Waals surface area contributed by atoms with Crippen molar-refractivity contribution in [1.29, 1.82) is 0 Å². The van der Waals surface area contributed by atoms with E-state index in [-0.39, 0.29) is 36.3 Å². The molecule has 6 nitrogen and oxygen atoms in total. The Hall–Kier alpha value is -1.63. The van der Waals surface area contributed by atoms with E-state index in [2.05, 4.69) is 15.5 Å². The number of nitrogens with one attached hydrogen (secondary N) is 1. The largest absolute Gasteiger partial charge is 0.346 e. The summed E-state index contributed by atoms with van der Waals surface area (Å²) >= 11 is 5.86. The van der Waals surface area contributed by atoms with Crippen molar-refractivity contribution in [2.45, 2.75) is 38.3 Å². The third-order valence-corrected chi connectivity index (χ3v) is 4.37. The molecule has 1 amide bonds. The van der Waals surface area contributed by atoms with Gasteiger partial charge in [0.2, 0.25) is 5.91 Å². The van der Waals surface area contributed by atoms with Crippen molar-refractivity contribution in [3.05, 3.63) is 35.1 Å². The standard InChI is InChI=1S/C16H19ClN4O2.ClH/c1-9(19-15(22)11-4-7-13(18)8-11)14-20-16(23-21-14)10-2-5-12(17)6-3-10;/h2-3,5-6,9,11,13H,4,7-8,18H2,1H3,(H,19,22);1H. The fourth-order valence-corrected chi connectivity index (χ4v) is 2.90. The molecule has 1 aromatic carbocycles. The lowest BCUT2D eigenvalue weighted by Gasteiger charge is -2.14. The molecular formula is C16H20Cl2N4O2. The minimum Gasteiger partial charge on any atom is -0.346 e. The van der Waals surface area contributed by atoms with Crippen LogP contribution in [-0.4, -0.2) is 22.1 Å². The highest BCUT2D eigenvalue weighted by atomic mass is 35.5. The van der Waals surface area contributed by atoms with Crippen LogP contribution in [0, 0.1) is 5.92 Å². The Morgan fingerprint density at radius 2 is 2.08 bits per heavy atom. The summed E-state index contributed by atoms with van der Waals surface area (Å²) in [5.41, 5.74) is 6.64. The second kappa shape index (κ2) is 7.96. The smallest absolute Gasteiger partial charge is 0.257 e. The summed E-state index contributed by atoms with van der Waals surface area (Å²) in [5, 5.41) is 7.53. The summed E-state index contributed by atoms with van der Waals surface area (Å²) in [6.45, 7) is 1.84. The number of aromatic nitrogens is 2. The highest BCUT2D eigenvalue weighted by molar-refractivity contribution is 6.30. The molecule has 130 valence electrons. The van der Waals surface area contributed by atoms with Gasteiger partial charge in [-0.3, -0.25) is 4.79 Å². The van der Waals surface area contributed by atoms with Gasteiger partial charge in [-0.1, -0.05) is 16.8 Å². The lowest BCUT2D eigenvalue weighted by Crippen LogP contribution is -2.33. The monoisotopic (exact) mass is 370 g/mol. The molecule has 1 aliphatic rings. The van der Waals surface area contributed by atoms with Crippen molar-refractivity contribution in [2.24, 2.45) is 11.7 Å². The van der Waals surface area contributed by atoms with Crippen LogP contribution in [0.5, 0.6) is 0 Å². The van der Waals surface area contributed by atoms with Gasteiger partial charge in [0.25, 0.3) is 5.89 Å². The van der Waals surface area contributed by atoms with Crippen LogP contribution in [0.1, 0.15) is 38.1 Å². The van der Waals surface area contributed by atoms with Crippen molar-refractivity contribution in [3.8, 4) is 11.5 Å². The van der Waals surface area contributed by atoms with Crippen LogP contribution in [0.15, 0.2) is 28.8 Å². The number of carbonyl (C=O) groups is 1. The van der Waals surface area contributed by atoms with E-state index in [0.717, 1.165) is 24.8 Å². The Labute approximate surface area is 151 Å². The number of hydrogen-bond acceptors (Lipinski definition) is 5. The van der Waals surface area contributed by atoms with Crippen LogP contribution < -0.4 is 11.1 Å². The predicted molar refractivity (Wildman–Crippen MR) is 93.9 cm³/mol. The topological polar surface area (TPSA) is 94.0 Å². The Morgan fingerprint density at radius 3 is 2.71 bits per heavy atom. The maximum atomic E-state index is 12.2. The third-order valence-electron chi connectivity index (χ3n) is 4.12. The SMILES string of the molecule is CC(NC(=O)C1CCC(N)C1)c1noc(-c2ccc(Cl)cc2)n1.Cl. The molecule has 3 atom stereocenters. The van der Waals surface area contributed by atoms with Crippen LogP contribution in [0.4, 0.5) is 0 Å². The minimum absolute atomic E-state index is 0. The molecule has 1 saturated carbocycles. The van der Waals surface area contributed by atoms with E-state index in [1.54, 1.807) is 12.1 Å². The van der Waals surface area contributed by atoms with Gasteiger partial charge in [0.15, 0.2) is 5.82 Å². The summed E-state index contributed by atoms with van der Waals surface area (Å²) in [6.07, 6.45) is 2.47. The quantitative estimate of drug-likeness (QED) is 0.861. The predicted octanol–water partition coefficient (Wildman–Crippen LogP) is 3.12. The fourth-order valence-electron chi connectivity index (χ4n) is 2.77. The molecule has 3 unspecified atom stereocenters. The zero-order valence-electron chi connectivity index (χ0n) is 13.2. The molecule has 0 aliphatic heterocycles. The first kappa shape index (κ1) is 18.7. The van der Waals surface area contributed by atoms with Crippen molar-refractivity contribution in [2.75, 3.05) is 0 Å². The van der Waals surface area contributed by atoms with Crippen molar-refractivity contribution < 1.29 is 9.32 Å². The number of nitrogens with two attached hydrogens (primary N) is 1. The van der Waals surface area contributed by atoms with E-state index < -0.39 is 0 Å². The van der Waals surface area contributed by atoms with Gasteiger partial charge in [0.1, 0.15) is 0 Å². The van der Waals surface area contributed by atoms with Gasteiger partial charge >= 0.3 is 0 Å². The molecule has 0 radical (unpaired) electrons. The number of nitrogens with zero attached hydrogens (tertiary/aromatic N) is 2. The lowest BCUT2D eigenvalue weighted by atomic mass is 10.1. The molecule has 3 rings (SSSR count). The maximum absolute atomic E-state index is 12.2. The summed E-state index contributed by atoms with van der Waals surface area (Å²) in [6, 6.07) is 6.95. The molecule has 0 spiro atoms. The average molecular weight is 371 g/mol. The van der Waals surface area contributed by atoms with E-state index >= 15 is 0 Å². The Kier molecular flexibility index (Phi) is 6.21. The van der Waals surface area contributed by atoms with Crippen LogP contribution >= 0.6 is 24.0 Å². The minimum atomic E-state index is -0.316. The van der Waals surface area contributed by atoms with E-state index in [1.807, 2.05) is 19.1 Å². The highest BCUT2D eigenvalue weighted by Crippen LogP contribution is 2.25. The molecule has 8 heteroatoms. The van der Waals surface area contributed by atoms with Crippen molar-refractivity contribution in [3.63, 3.8) is 0 Å². The van der Waals surface area contributed by atoms with E-state index in [9.17, 15) is 4.79 Å². The van der Waals surface area contributed by atoms with Crippen LogP contribution in [0.3, 0.4) is 0 Å². The summed E-state index contributed by atoms with van der Waals surface area (Å²) in [7, 11) is 0. The van der Waals surface area contributed by atoms with Crippen LogP contribution in [0.2, 0.25) is 5.02 Å². The van der Waals surface area contributed by atoms with Gasteiger partial charge < -0.3 is 15.6 Å². The summed E-state index contributed by atoms with van der Waals surface area (Å²) < 4.78 is 5.26. The third kappa shape index (κ3) is 4.26. The molecule has 1 heterocycles. The van der Waals surface area contributed by atoms with Gasteiger partial charge in [0.05, 0.1) is 6.04 Å². The Bertz CT molecular complexity index is 690. The first-order valence-corrected chi connectivity index (χ1v) is 8.06. The zero-order chi connectivity index (χ0) is 16.4. The first-order chi connectivity index (χ1) is 11.0. The van der Waals surface area contributed by atoms with Gasteiger partial charge in [-0.2, -0.15) is 4.98 Å². The molecule has 1 fully saturated rings. The van der Waals surface area contributed by atoms with Crippen LogP contribution in [-0.2, 0) is 4.79 Å². The average Bonchev–Trinajstić information content (AvgIpc) is 3.17. The molecule has 1 aliphatic carbocycles.